The normalized spacial score (nSPS) is 19.0. The quantitative estimate of drug-likeness (QED) is 0.845. The van der Waals surface area contributed by atoms with Crippen LogP contribution in [-0.2, 0) is 16.6 Å². The monoisotopic (exact) mass is 307 g/mol. The number of carbonyl (C=O) groups excluding carboxylic acids is 2. The number of nitrogens with one attached hydrogen (secondary N) is 1. The molecule has 1 aliphatic rings. The number of likely N-dealkylation sites (N-methyl/N-ethyl adjacent to an activating group) is 1. The van der Waals surface area contributed by atoms with Crippen LogP contribution in [0.3, 0.4) is 0 Å². The van der Waals surface area contributed by atoms with Gasteiger partial charge in [0.1, 0.15) is 5.69 Å². The Morgan fingerprint density at radius 1 is 1.36 bits per heavy atom. The number of nitrogens with zero attached hydrogens (tertiary/aromatic N) is 2. The van der Waals surface area contributed by atoms with Gasteiger partial charge in [-0.2, -0.15) is 0 Å². The zero-order valence-corrected chi connectivity index (χ0v) is 13.6. The highest BCUT2D eigenvalue weighted by molar-refractivity contribution is 5.96. The molecule has 22 heavy (non-hydrogen) atoms. The molecule has 1 aliphatic heterocycles. The van der Waals surface area contributed by atoms with Crippen LogP contribution >= 0.6 is 0 Å². The first-order chi connectivity index (χ1) is 10.6. The molecule has 1 N–H and O–H groups in total. The van der Waals surface area contributed by atoms with Gasteiger partial charge < -0.3 is 14.6 Å². The molecule has 0 radical (unpaired) electrons. The second kappa shape index (κ2) is 7.45. The van der Waals surface area contributed by atoms with Gasteiger partial charge >= 0.3 is 5.97 Å². The fourth-order valence-electron chi connectivity index (χ4n) is 2.93. The molecule has 0 saturated carbocycles. The first-order valence-electron chi connectivity index (χ1n) is 7.95. The summed E-state index contributed by atoms with van der Waals surface area (Å²) in [6.07, 6.45) is 4.86. The lowest BCUT2D eigenvalue weighted by Crippen LogP contribution is -2.46. The topological polar surface area (TPSA) is 63.6 Å². The van der Waals surface area contributed by atoms with Crippen LogP contribution < -0.4 is 5.32 Å². The van der Waals surface area contributed by atoms with Gasteiger partial charge in [-0.1, -0.05) is 13.3 Å². The van der Waals surface area contributed by atoms with E-state index in [2.05, 4.69) is 17.1 Å². The molecule has 1 atom stereocenters. The van der Waals surface area contributed by atoms with Gasteiger partial charge in [0.15, 0.2) is 0 Å². The number of rotatable bonds is 5. The summed E-state index contributed by atoms with van der Waals surface area (Å²) >= 11 is 0. The van der Waals surface area contributed by atoms with E-state index in [4.69, 9.17) is 4.74 Å². The smallest absolute Gasteiger partial charge is 0.355 e. The van der Waals surface area contributed by atoms with Crippen LogP contribution in [0.25, 0.3) is 0 Å². The van der Waals surface area contributed by atoms with Crippen LogP contribution in [0.5, 0.6) is 0 Å². The summed E-state index contributed by atoms with van der Waals surface area (Å²) in [5, 5.41) is 2.92. The summed E-state index contributed by atoms with van der Waals surface area (Å²) < 4.78 is 6.67. The fraction of sp³-hybridized carbons (Fsp3) is 0.625. The summed E-state index contributed by atoms with van der Waals surface area (Å²) in [4.78, 5) is 26.5. The zero-order chi connectivity index (χ0) is 16.1. The van der Waals surface area contributed by atoms with E-state index in [0.29, 0.717) is 18.0 Å². The molecule has 0 unspecified atom stereocenters. The standard InChI is InChI=1S/C16H25N3O3/c1-4-19-9-7-6-8-13(19)15(20)17-12-10-14(18(3)11-12)16(21)22-5-2/h10-11,13H,4-9H2,1-3H3,(H,17,20)/t13-/m1/s1. The first kappa shape index (κ1) is 16.5. The van der Waals surface area contributed by atoms with Gasteiger partial charge in [0.05, 0.1) is 18.3 Å². The summed E-state index contributed by atoms with van der Waals surface area (Å²) in [5.41, 5.74) is 1.07. The Morgan fingerprint density at radius 3 is 2.82 bits per heavy atom. The van der Waals surface area contributed by atoms with E-state index >= 15 is 0 Å². The number of ether oxygens (including phenoxy) is 1. The Hall–Kier alpha value is -1.82. The molecule has 1 saturated heterocycles. The predicted molar refractivity (Wildman–Crippen MR) is 84.9 cm³/mol. The SMILES string of the molecule is CCOC(=O)c1cc(NC(=O)[C@H]2CCCCN2CC)cn1C. The van der Waals surface area contributed by atoms with Crippen molar-refractivity contribution < 1.29 is 14.3 Å². The molecule has 2 heterocycles. The summed E-state index contributed by atoms with van der Waals surface area (Å²) in [6.45, 7) is 6.02. The Morgan fingerprint density at radius 2 is 2.14 bits per heavy atom. The molecule has 0 spiro atoms. The van der Waals surface area contributed by atoms with Gasteiger partial charge in [0.2, 0.25) is 5.91 Å². The second-order valence-corrected chi connectivity index (χ2v) is 5.57. The maximum Gasteiger partial charge on any atom is 0.355 e. The fourth-order valence-corrected chi connectivity index (χ4v) is 2.93. The minimum atomic E-state index is -0.377. The molecule has 0 aliphatic carbocycles. The molecule has 6 heteroatoms. The number of piperidine rings is 1. The number of amides is 1. The van der Waals surface area contributed by atoms with Crippen molar-refractivity contribution in [1.82, 2.24) is 9.47 Å². The van der Waals surface area contributed by atoms with Crippen LogP contribution in [0.1, 0.15) is 43.6 Å². The van der Waals surface area contributed by atoms with Gasteiger partial charge in [0.25, 0.3) is 0 Å². The second-order valence-electron chi connectivity index (χ2n) is 5.57. The van der Waals surface area contributed by atoms with Crippen LogP contribution in [-0.4, -0.2) is 47.1 Å². The highest BCUT2D eigenvalue weighted by atomic mass is 16.5. The minimum Gasteiger partial charge on any atom is -0.461 e. The Balaban J connectivity index is 2.05. The van der Waals surface area contributed by atoms with Gasteiger partial charge in [-0.25, -0.2) is 4.79 Å². The lowest BCUT2D eigenvalue weighted by Gasteiger charge is -2.33. The molecule has 1 aromatic rings. The molecule has 6 nitrogen and oxygen atoms in total. The number of hydrogen-bond acceptors (Lipinski definition) is 4. The molecular weight excluding hydrogens is 282 g/mol. The van der Waals surface area contributed by atoms with Crippen molar-refractivity contribution in [3.05, 3.63) is 18.0 Å². The number of carbonyl (C=O) groups is 2. The van der Waals surface area contributed by atoms with Crippen molar-refractivity contribution in [3.8, 4) is 0 Å². The summed E-state index contributed by atoms with van der Waals surface area (Å²) in [5.74, 6) is -0.374. The minimum absolute atomic E-state index is 0.00237. The number of anilines is 1. The van der Waals surface area contributed by atoms with E-state index < -0.39 is 0 Å². The van der Waals surface area contributed by atoms with Crippen molar-refractivity contribution in [1.29, 1.82) is 0 Å². The van der Waals surface area contributed by atoms with Gasteiger partial charge in [-0.05, 0) is 38.9 Å². The molecule has 1 aromatic heterocycles. The highest BCUT2D eigenvalue weighted by Gasteiger charge is 2.27. The Bertz CT molecular complexity index is 539. The number of aryl methyl sites for hydroxylation is 1. The highest BCUT2D eigenvalue weighted by Crippen LogP contribution is 2.20. The molecule has 2 rings (SSSR count). The van der Waals surface area contributed by atoms with E-state index in [-0.39, 0.29) is 17.9 Å². The summed E-state index contributed by atoms with van der Waals surface area (Å²) in [6, 6.07) is 1.58. The first-order valence-corrected chi connectivity index (χ1v) is 7.95. The lowest BCUT2D eigenvalue weighted by molar-refractivity contribution is -0.122. The Labute approximate surface area is 131 Å². The zero-order valence-electron chi connectivity index (χ0n) is 13.6. The van der Waals surface area contributed by atoms with Crippen molar-refractivity contribution in [2.75, 3.05) is 25.0 Å². The third-order valence-corrected chi connectivity index (χ3v) is 4.08. The molecule has 122 valence electrons. The molecule has 0 aromatic carbocycles. The van der Waals surface area contributed by atoms with Crippen LogP contribution in [0.4, 0.5) is 5.69 Å². The van der Waals surface area contributed by atoms with Gasteiger partial charge in [-0.3, -0.25) is 9.69 Å². The number of esters is 1. The average molecular weight is 307 g/mol. The molecule has 0 bridgehead atoms. The predicted octanol–water partition coefficient (Wildman–Crippen LogP) is 2.01. The van der Waals surface area contributed by atoms with Crippen molar-refractivity contribution >= 4 is 17.6 Å². The summed E-state index contributed by atoms with van der Waals surface area (Å²) in [7, 11) is 1.76. The molecule has 1 amide bonds. The Kier molecular flexibility index (Phi) is 5.60. The maximum absolute atomic E-state index is 12.5. The number of aromatic nitrogens is 1. The van der Waals surface area contributed by atoms with Crippen molar-refractivity contribution in [2.24, 2.45) is 7.05 Å². The largest absolute Gasteiger partial charge is 0.461 e. The van der Waals surface area contributed by atoms with Crippen LogP contribution in [0, 0.1) is 0 Å². The lowest BCUT2D eigenvalue weighted by atomic mass is 10.0. The van der Waals surface area contributed by atoms with E-state index in [0.717, 1.165) is 32.4 Å². The number of likely N-dealkylation sites (tertiary alicyclic amines) is 1. The van der Waals surface area contributed by atoms with Crippen LogP contribution in [0.15, 0.2) is 12.3 Å². The number of hydrogen-bond donors (Lipinski definition) is 1. The van der Waals surface area contributed by atoms with Gasteiger partial charge in [0, 0.05) is 13.2 Å². The van der Waals surface area contributed by atoms with E-state index in [1.165, 1.54) is 0 Å². The van der Waals surface area contributed by atoms with Crippen molar-refractivity contribution in [3.63, 3.8) is 0 Å². The van der Waals surface area contributed by atoms with Crippen molar-refractivity contribution in [2.45, 2.75) is 39.2 Å². The van der Waals surface area contributed by atoms with E-state index in [1.807, 2.05) is 0 Å². The van der Waals surface area contributed by atoms with Gasteiger partial charge in [-0.15, -0.1) is 0 Å². The molecular formula is C16H25N3O3. The average Bonchev–Trinajstić information content (AvgIpc) is 2.88. The maximum atomic E-state index is 12.5. The van der Waals surface area contributed by atoms with E-state index in [1.54, 1.807) is 30.8 Å². The molecule has 1 fully saturated rings. The van der Waals surface area contributed by atoms with Crippen LogP contribution in [0.2, 0.25) is 0 Å². The van der Waals surface area contributed by atoms with E-state index in [9.17, 15) is 9.59 Å². The third kappa shape index (κ3) is 3.68. The third-order valence-electron chi connectivity index (χ3n) is 4.08.